The molecule has 0 radical (unpaired) electrons. The molecule has 0 aliphatic carbocycles. The van der Waals surface area contributed by atoms with E-state index in [0.717, 1.165) is 17.7 Å². The van der Waals surface area contributed by atoms with E-state index in [2.05, 4.69) is 0 Å². The number of carbonyl (C=O) groups is 3. The molecule has 0 bridgehead atoms. The highest BCUT2D eigenvalue weighted by Crippen LogP contribution is 2.36. The Morgan fingerprint density at radius 3 is 2.29 bits per heavy atom. The number of alkyl halides is 3. The van der Waals surface area contributed by atoms with Gasteiger partial charge in [0.15, 0.2) is 0 Å². The van der Waals surface area contributed by atoms with E-state index in [1.807, 2.05) is 12.2 Å². The summed E-state index contributed by atoms with van der Waals surface area (Å²) < 4.78 is 39.0. The number of nitrogens with zero attached hydrogens (tertiary/aromatic N) is 1. The predicted molar refractivity (Wildman–Crippen MR) is 96.6 cm³/mol. The Bertz CT molecular complexity index is 1010. The van der Waals surface area contributed by atoms with Crippen LogP contribution < -0.4 is 10.2 Å². The summed E-state index contributed by atoms with van der Waals surface area (Å²) in [7, 11) is 0. The summed E-state index contributed by atoms with van der Waals surface area (Å²) >= 11 is 5.93. The van der Waals surface area contributed by atoms with Crippen LogP contribution in [0.2, 0.25) is 5.02 Å². The summed E-state index contributed by atoms with van der Waals surface area (Å²) in [6, 6.07) is 7.87. The van der Waals surface area contributed by atoms with Gasteiger partial charge >= 0.3 is 12.2 Å². The van der Waals surface area contributed by atoms with E-state index in [4.69, 9.17) is 11.6 Å². The summed E-state index contributed by atoms with van der Waals surface area (Å²) in [6.45, 7) is 1.85. The second-order valence-corrected chi connectivity index (χ2v) is 6.44. The van der Waals surface area contributed by atoms with Crippen molar-refractivity contribution in [1.29, 1.82) is 0 Å². The van der Waals surface area contributed by atoms with Crippen LogP contribution in [0.3, 0.4) is 0 Å². The molecule has 1 saturated heterocycles. The molecule has 2 aromatic carbocycles. The van der Waals surface area contributed by atoms with Gasteiger partial charge in [0, 0.05) is 0 Å². The van der Waals surface area contributed by atoms with Crippen molar-refractivity contribution >= 4 is 41.2 Å². The van der Waals surface area contributed by atoms with Crippen LogP contribution in [0.5, 0.6) is 0 Å². The number of barbiturate groups is 1. The number of rotatable bonds is 2. The number of aryl methyl sites for hydroxylation is 1. The van der Waals surface area contributed by atoms with Gasteiger partial charge in [0.2, 0.25) is 0 Å². The van der Waals surface area contributed by atoms with Crippen molar-refractivity contribution in [1.82, 2.24) is 5.32 Å². The number of halogens is 4. The monoisotopic (exact) mass is 408 g/mol. The van der Waals surface area contributed by atoms with Crippen LogP contribution in [0.25, 0.3) is 6.08 Å². The molecule has 9 heteroatoms. The van der Waals surface area contributed by atoms with Crippen LogP contribution in [0.4, 0.5) is 23.7 Å². The topological polar surface area (TPSA) is 66.5 Å². The van der Waals surface area contributed by atoms with E-state index in [1.54, 1.807) is 24.3 Å². The molecule has 1 heterocycles. The summed E-state index contributed by atoms with van der Waals surface area (Å²) in [5, 5.41) is 1.69. The van der Waals surface area contributed by atoms with Crippen LogP contribution >= 0.6 is 11.6 Å². The van der Waals surface area contributed by atoms with Gasteiger partial charge in [0.1, 0.15) is 5.57 Å². The van der Waals surface area contributed by atoms with Gasteiger partial charge in [-0.05, 0) is 36.8 Å². The van der Waals surface area contributed by atoms with Gasteiger partial charge < -0.3 is 0 Å². The Balaban J connectivity index is 2.07. The molecule has 0 atom stereocenters. The molecule has 0 aromatic heterocycles. The van der Waals surface area contributed by atoms with E-state index < -0.39 is 40.8 Å². The Morgan fingerprint density at radius 1 is 1.04 bits per heavy atom. The molecular weight excluding hydrogens is 397 g/mol. The second kappa shape index (κ2) is 7.12. The van der Waals surface area contributed by atoms with Crippen molar-refractivity contribution < 1.29 is 27.6 Å². The van der Waals surface area contributed by atoms with E-state index in [9.17, 15) is 27.6 Å². The van der Waals surface area contributed by atoms with Crippen LogP contribution in [0.1, 0.15) is 16.7 Å². The van der Waals surface area contributed by atoms with E-state index in [-0.39, 0.29) is 5.02 Å². The third-order valence-electron chi connectivity index (χ3n) is 4.00. The number of hydrogen-bond donors (Lipinski definition) is 1. The number of urea groups is 1. The van der Waals surface area contributed by atoms with Gasteiger partial charge in [-0.3, -0.25) is 14.9 Å². The van der Waals surface area contributed by atoms with Crippen molar-refractivity contribution in [2.75, 3.05) is 4.90 Å². The molecule has 144 valence electrons. The first-order chi connectivity index (χ1) is 13.1. The molecule has 1 N–H and O–H groups in total. The van der Waals surface area contributed by atoms with Gasteiger partial charge in [-0.25, -0.2) is 9.69 Å². The van der Waals surface area contributed by atoms with Crippen molar-refractivity contribution in [3.63, 3.8) is 0 Å². The molecule has 1 aliphatic rings. The predicted octanol–water partition coefficient (Wildman–Crippen LogP) is 4.33. The SMILES string of the molecule is Cc1ccc(/C=C2\C(=O)NC(=O)N(c3cc(C(F)(F)F)ccc3Cl)C2=O)cc1. The maximum absolute atomic E-state index is 13.0. The fraction of sp³-hybridized carbons (Fsp3) is 0.105. The summed E-state index contributed by atoms with van der Waals surface area (Å²) in [5.74, 6) is -2.02. The highest BCUT2D eigenvalue weighted by molar-refractivity contribution is 6.42. The first-order valence-corrected chi connectivity index (χ1v) is 8.30. The average Bonchev–Trinajstić information content (AvgIpc) is 2.60. The first-order valence-electron chi connectivity index (χ1n) is 7.93. The number of amides is 4. The van der Waals surface area contributed by atoms with Gasteiger partial charge in [0.25, 0.3) is 11.8 Å². The summed E-state index contributed by atoms with van der Waals surface area (Å²) in [4.78, 5) is 37.5. The number of carbonyl (C=O) groups excluding carboxylic acids is 3. The molecule has 4 amide bonds. The molecule has 0 spiro atoms. The number of imide groups is 2. The van der Waals surface area contributed by atoms with Crippen LogP contribution in [-0.2, 0) is 15.8 Å². The molecule has 5 nitrogen and oxygen atoms in total. The van der Waals surface area contributed by atoms with Gasteiger partial charge in [-0.1, -0.05) is 41.4 Å². The largest absolute Gasteiger partial charge is 0.416 e. The van der Waals surface area contributed by atoms with Crippen molar-refractivity contribution in [2.45, 2.75) is 13.1 Å². The zero-order valence-corrected chi connectivity index (χ0v) is 15.1. The third kappa shape index (κ3) is 3.77. The molecular formula is C19H12ClF3N2O3. The van der Waals surface area contributed by atoms with Crippen LogP contribution in [-0.4, -0.2) is 17.8 Å². The maximum atomic E-state index is 13.0. The Hall–Kier alpha value is -3.13. The Morgan fingerprint density at radius 2 is 1.68 bits per heavy atom. The average molecular weight is 409 g/mol. The van der Waals surface area contributed by atoms with Gasteiger partial charge in [-0.2, -0.15) is 13.2 Å². The number of benzene rings is 2. The normalized spacial score (nSPS) is 16.5. The smallest absolute Gasteiger partial charge is 0.273 e. The van der Waals surface area contributed by atoms with E-state index in [1.165, 1.54) is 6.08 Å². The second-order valence-electron chi connectivity index (χ2n) is 6.03. The Labute approximate surface area is 162 Å². The fourth-order valence-corrected chi connectivity index (χ4v) is 2.77. The quantitative estimate of drug-likeness (QED) is 0.594. The minimum absolute atomic E-state index is 0.250. The number of hydrogen-bond acceptors (Lipinski definition) is 3. The summed E-state index contributed by atoms with van der Waals surface area (Å²) in [5.41, 5.74) is -0.505. The molecule has 0 saturated carbocycles. The zero-order chi connectivity index (χ0) is 20.6. The highest BCUT2D eigenvalue weighted by atomic mass is 35.5. The lowest BCUT2D eigenvalue weighted by Gasteiger charge is -2.27. The zero-order valence-electron chi connectivity index (χ0n) is 14.3. The van der Waals surface area contributed by atoms with Gasteiger partial charge in [-0.15, -0.1) is 0 Å². The highest BCUT2D eigenvalue weighted by Gasteiger charge is 2.39. The third-order valence-corrected chi connectivity index (χ3v) is 4.32. The number of nitrogens with one attached hydrogen (secondary N) is 1. The molecule has 1 aliphatic heterocycles. The molecule has 2 aromatic rings. The minimum atomic E-state index is -4.70. The molecule has 0 unspecified atom stereocenters. The number of anilines is 1. The first kappa shape index (κ1) is 19.6. The van der Waals surface area contributed by atoms with Crippen molar-refractivity contribution in [3.05, 3.63) is 69.8 Å². The maximum Gasteiger partial charge on any atom is 0.416 e. The Kier molecular flexibility index (Phi) is 4.99. The van der Waals surface area contributed by atoms with Crippen LogP contribution in [0, 0.1) is 6.92 Å². The standard InChI is InChI=1S/C19H12ClF3N2O3/c1-10-2-4-11(5-3-10)8-13-16(26)24-18(28)25(17(13)27)15-9-12(19(21,22)23)6-7-14(15)20/h2-9H,1H3,(H,24,26,28)/b13-8+. The molecule has 28 heavy (non-hydrogen) atoms. The van der Waals surface area contributed by atoms with E-state index in [0.29, 0.717) is 16.5 Å². The van der Waals surface area contributed by atoms with E-state index >= 15 is 0 Å². The summed E-state index contributed by atoms with van der Waals surface area (Å²) in [6.07, 6.45) is -3.46. The fourth-order valence-electron chi connectivity index (χ4n) is 2.57. The lowest BCUT2D eigenvalue weighted by Crippen LogP contribution is -2.54. The van der Waals surface area contributed by atoms with Crippen molar-refractivity contribution in [3.8, 4) is 0 Å². The van der Waals surface area contributed by atoms with Crippen molar-refractivity contribution in [2.24, 2.45) is 0 Å². The molecule has 3 rings (SSSR count). The van der Waals surface area contributed by atoms with Gasteiger partial charge in [0.05, 0.1) is 16.3 Å². The van der Waals surface area contributed by atoms with Crippen LogP contribution in [0.15, 0.2) is 48.0 Å². The molecule has 1 fully saturated rings. The lowest BCUT2D eigenvalue weighted by molar-refractivity contribution is -0.137. The lowest BCUT2D eigenvalue weighted by atomic mass is 10.1. The minimum Gasteiger partial charge on any atom is -0.273 e.